The molecule has 0 radical (unpaired) electrons. The van der Waals surface area contributed by atoms with Crippen LogP contribution in [-0.2, 0) is 9.53 Å². The maximum absolute atomic E-state index is 13.7. The lowest BCUT2D eigenvalue weighted by molar-refractivity contribution is -0.119. The van der Waals surface area contributed by atoms with E-state index in [0.717, 1.165) is 17.4 Å². The molecular weight excluding hydrogens is 385 g/mol. The van der Waals surface area contributed by atoms with Crippen LogP contribution in [0.1, 0.15) is 10.4 Å². The highest BCUT2D eigenvalue weighted by molar-refractivity contribution is 7.22. The Morgan fingerprint density at radius 2 is 1.93 bits per heavy atom. The molecule has 0 saturated carbocycles. The molecule has 0 spiro atoms. The Kier molecular flexibility index (Phi) is 5.26. The Morgan fingerprint density at radius 1 is 1.19 bits per heavy atom. The fourth-order valence-corrected chi connectivity index (χ4v) is 3.11. The van der Waals surface area contributed by atoms with E-state index in [1.165, 1.54) is 13.2 Å². The van der Waals surface area contributed by atoms with Crippen LogP contribution in [0.4, 0.5) is 18.3 Å². The molecule has 27 heavy (non-hydrogen) atoms. The van der Waals surface area contributed by atoms with Gasteiger partial charge in [-0.15, -0.1) is 0 Å². The van der Waals surface area contributed by atoms with Crippen molar-refractivity contribution in [2.75, 3.05) is 19.0 Å². The van der Waals surface area contributed by atoms with E-state index in [2.05, 4.69) is 10.3 Å². The first-order valence-electron chi connectivity index (χ1n) is 7.44. The Bertz CT molecular complexity index is 1040. The largest absolute Gasteiger partial charge is 0.496 e. The van der Waals surface area contributed by atoms with Crippen LogP contribution in [0.25, 0.3) is 10.2 Å². The van der Waals surface area contributed by atoms with Crippen LogP contribution in [0, 0.1) is 17.5 Å². The van der Waals surface area contributed by atoms with Gasteiger partial charge in [-0.25, -0.2) is 22.9 Å². The van der Waals surface area contributed by atoms with Crippen molar-refractivity contribution < 1.29 is 32.2 Å². The third-order valence-electron chi connectivity index (χ3n) is 3.43. The van der Waals surface area contributed by atoms with Crippen LogP contribution in [-0.4, -0.2) is 30.6 Å². The van der Waals surface area contributed by atoms with Gasteiger partial charge in [-0.3, -0.25) is 10.1 Å². The van der Waals surface area contributed by atoms with Crippen LogP contribution in [0.5, 0.6) is 5.75 Å². The summed E-state index contributed by atoms with van der Waals surface area (Å²) in [5, 5.41) is 2.19. The number of anilines is 1. The van der Waals surface area contributed by atoms with Crippen molar-refractivity contribution in [2.24, 2.45) is 0 Å². The molecule has 3 aromatic rings. The van der Waals surface area contributed by atoms with Crippen molar-refractivity contribution >= 4 is 38.6 Å². The van der Waals surface area contributed by atoms with Gasteiger partial charge in [0, 0.05) is 0 Å². The van der Waals surface area contributed by atoms with Gasteiger partial charge in [-0.1, -0.05) is 23.5 Å². The van der Waals surface area contributed by atoms with Crippen molar-refractivity contribution in [1.29, 1.82) is 0 Å². The third kappa shape index (κ3) is 3.85. The first-order chi connectivity index (χ1) is 12.9. The Morgan fingerprint density at radius 3 is 2.67 bits per heavy atom. The number of methoxy groups -OCH3 is 1. The molecule has 0 aliphatic carbocycles. The van der Waals surface area contributed by atoms with E-state index in [4.69, 9.17) is 9.47 Å². The zero-order valence-corrected chi connectivity index (χ0v) is 14.5. The first kappa shape index (κ1) is 18.6. The van der Waals surface area contributed by atoms with Crippen molar-refractivity contribution in [3.05, 3.63) is 53.3 Å². The van der Waals surface area contributed by atoms with Crippen molar-refractivity contribution in [3.63, 3.8) is 0 Å². The maximum Gasteiger partial charge on any atom is 0.342 e. The molecule has 1 N–H and O–H groups in total. The van der Waals surface area contributed by atoms with E-state index in [-0.39, 0.29) is 21.1 Å². The lowest BCUT2D eigenvalue weighted by Gasteiger charge is -2.08. The molecule has 0 bridgehead atoms. The smallest absolute Gasteiger partial charge is 0.342 e. The minimum absolute atomic E-state index is 0.0210. The molecule has 140 valence electrons. The number of halogens is 3. The number of hydrogen-bond acceptors (Lipinski definition) is 6. The number of hydrogen-bond donors (Lipinski definition) is 1. The lowest BCUT2D eigenvalue weighted by atomic mass is 10.2. The molecule has 10 heteroatoms. The number of benzene rings is 2. The highest BCUT2D eigenvalue weighted by atomic mass is 32.1. The van der Waals surface area contributed by atoms with Gasteiger partial charge in [0.2, 0.25) is 0 Å². The van der Waals surface area contributed by atoms with Gasteiger partial charge in [0.1, 0.15) is 16.8 Å². The summed E-state index contributed by atoms with van der Waals surface area (Å²) in [5.74, 6) is -5.68. The summed E-state index contributed by atoms with van der Waals surface area (Å²) in [7, 11) is 1.39. The average Bonchev–Trinajstić information content (AvgIpc) is 3.06. The second-order valence-corrected chi connectivity index (χ2v) is 6.21. The van der Waals surface area contributed by atoms with E-state index in [0.29, 0.717) is 0 Å². The Hall–Kier alpha value is -3.14. The standard InChI is InChI=1S/C17H11F3N2O4S/c1-25-10-5-3-2-4-8(10)16(24)26-7-12(23)21-17-22-15-11(27-17)6-9(18)13(19)14(15)20/h2-6H,7H2,1H3,(H,21,22,23). The van der Waals surface area contributed by atoms with Gasteiger partial charge < -0.3 is 9.47 Å². The summed E-state index contributed by atoms with van der Waals surface area (Å²) in [6.45, 7) is -0.641. The molecule has 0 unspecified atom stereocenters. The van der Waals surface area contributed by atoms with Gasteiger partial charge in [-0.2, -0.15) is 0 Å². The van der Waals surface area contributed by atoms with Crippen LogP contribution in [0.15, 0.2) is 30.3 Å². The number of nitrogens with one attached hydrogen (secondary N) is 1. The minimum atomic E-state index is -1.64. The summed E-state index contributed by atoms with van der Waals surface area (Å²) in [5.41, 5.74) is -0.263. The van der Waals surface area contributed by atoms with Gasteiger partial charge in [0.25, 0.3) is 5.91 Å². The number of carbonyl (C=O) groups is 2. The number of fused-ring (bicyclic) bond motifs is 1. The number of para-hydroxylation sites is 1. The topological polar surface area (TPSA) is 77.5 Å². The summed E-state index contributed by atoms with van der Waals surface area (Å²) < 4.78 is 50.0. The number of aromatic nitrogens is 1. The molecule has 1 heterocycles. The number of esters is 1. The monoisotopic (exact) mass is 396 g/mol. The van der Waals surface area contributed by atoms with E-state index >= 15 is 0 Å². The highest BCUT2D eigenvalue weighted by Gasteiger charge is 2.19. The molecule has 0 fully saturated rings. The quantitative estimate of drug-likeness (QED) is 0.528. The van der Waals surface area contributed by atoms with Crippen molar-refractivity contribution in [2.45, 2.75) is 0 Å². The summed E-state index contributed by atoms with van der Waals surface area (Å²) in [6, 6.07) is 7.08. The average molecular weight is 396 g/mol. The van der Waals surface area contributed by atoms with Crippen LogP contribution >= 0.6 is 11.3 Å². The van der Waals surface area contributed by atoms with Crippen molar-refractivity contribution in [1.82, 2.24) is 4.98 Å². The lowest BCUT2D eigenvalue weighted by Crippen LogP contribution is -2.21. The van der Waals surface area contributed by atoms with E-state index < -0.39 is 41.5 Å². The zero-order chi connectivity index (χ0) is 19.6. The van der Waals surface area contributed by atoms with E-state index in [1.807, 2.05) is 0 Å². The molecular formula is C17H11F3N2O4S. The van der Waals surface area contributed by atoms with Gasteiger partial charge in [0.15, 0.2) is 29.2 Å². The Balaban J connectivity index is 1.67. The van der Waals surface area contributed by atoms with Crippen LogP contribution in [0.3, 0.4) is 0 Å². The molecule has 0 atom stereocenters. The minimum Gasteiger partial charge on any atom is -0.496 e. The first-order valence-corrected chi connectivity index (χ1v) is 8.26. The molecule has 0 aliphatic heterocycles. The third-order valence-corrected chi connectivity index (χ3v) is 4.35. The molecule has 3 rings (SSSR count). The molecule has 0 aliphatic rings. The number of thiazole rings is 1. The second kappa shape index (κ2) is 7.62. The van der Waals surface area contributed by atoms with Crippen LogP contribution < -0.4 is 10.1 Å². The number of amides is 1. The fourth-order valence-electron chi connectivity index (χ4n) is 2.21. The number of nitrogens with zero attached hydrogens (tertiary/aromatic N) is 1. The van der Waals surface area contributed by atoms with E-state index in [1.54, 1.807) is 18.2 Å². The Labute approximate surface area is 154 Å². The molecule has 2 aromatic carbocycles. The van der Waals surface area contributed by atoms with Gasteiger partial charge in [0.05, 0.1) is 11.8 Å². The van der Waals surface area contributed by atoms with Gasteiger partial charge in [-0.05, 0) is 18.2 Å². The predicted octanol–water partition coefficient (Wildman–Crippen LogP) is 3.52. The zero-order valence-electron chi connectivity index (χ0n) is 13.7. The normalized spacial score (nSPS) is 10.7. The van der Waals surface area contributed by atoms with Crippen molar-refractivity contribution in [3.8, 4) is 5.75 Å². The SMILES string of the molecule is COc1ccccc1C(=O)OCC(=O)Nc1nc2c(F)c(F)c(F)cc2s1. The predicted molar refractivity (Wildman–Crippen MR) is 91.4 cm³/mol. The maximum atomic E-state index is 13.7. The summed E-state index contributed by atoms with van der Waals surface area (Å²) in [6.07, 6.45) is 0. The van der Waals surface area contributed by atoms with Crippen LogP contribution in [0.2, 0.25) is 0 Å². The van der Waals surface area contributed by atoms with Gasteiger partial charge >= 0.3 is 5.97 Å². The number of carbonyl (C=O) groups excluding carboxylic acids is 2. The summed E-state index contributed by atoms with van der Waals surface area (Å²) >= 11 is 0.749. The second-order valence-electron chi connectivity index (χ2n) is 5.18. The fraction of sp³-hybridized carbons (Fsp3) is 0.118. The highest BCUT2D eigenvalue weighted by Crippen LogP contribution is 2.30. The molecule has 1 amide bonds. The molecule has 0 saturated heterocycles. The number of rotatable bonds is 5. The van der Waals surface area contributed by atoms with E-state index in [9.17, 15) is 22.8 Å². The summed E-state index contributed by atoms with van der Waals surface area (Å²) in [4.78, 5) is 27.6. The molecule has 1 aromatic heterocycles. The number of ether oxygens (including phenoxy) is 2. The molecule has 6 nitrogen and oxygen atoms in total.